The molecule has 0 atom stereocenters. The van der Waals surface area contributed by atoms with Crippen LogP contribution >= 0.6 is 11.6 Å². The van der Waals surface area contributed by atoms with E-state index in [1.54, 1.807) is 30.9 Å². The number of aliphatic hydroxyl groups is 1. The van der Waals surface area contributed by atoms with E-state index in [1.165, 1.54) is 7.11 Å². The molecule has 1 aromatic heterocycles. The van der Waals surface area contributed by atoms with Crippen LogP contribution in [0, 0.1) is 0 Å². The Balaban J connectivity index is 1.71. The molecule has 0 radical (unpaired) electrons. The van der Waals surface area contributed by atoms with Crippen LogP contribution in [0.25, 0.3) is 10.9 Å². The third kappa shape index (κ3) is 4.48. The third-order valence-corrected chi connectivity index (χ3v) is 4.65. The Morgan fingerprint density at radius 2 is 1.96 bits per heavy atom. The lowest BCUT2D eigenvalue weighted by Gasteiger charge is -2.34. The van der Waals surface area contributed by atoms with E-state index in [0.29, 0.717) is 59.6 Å². The second-order valence-electron chi connectivity index (χ2n) is 7.25. The Hall–Kier alpha value is -2.52. The molecule has 0 bridgehead atoms. The van der Waals surface area contributed by atoms with Gasteiger partial charge in [-0.2, -0.15) is 4.98 Å². The Labute approximate surface area is 168 Å². The molecule has 1 aliphatic heterocycles. The van der Waals surface area contributed by atoms with Crippen molar-refractivity contribution in [2.24, 2.45) is 0 Å². The second-order valence-corrected chi connectivity index (χ2v) is 7.66. The normalized spacial score (nSPS) is 15.0. The highest BCUT2D eigenvalue weighted by molar-refractivity contribution is 6.33. The molecule has 10 heteroatoms. The molecular weight excluding hydrogens is 386 g/mol. The summed E-state index contributed by atoms with van der Waals surface area (Å²) >= 11 is 6.15. The van der Waals surface area contributed by atoms with Crippen LogP contribution in [0.4, 0.5) is 16.6 Å². The van der Waals surface area contributed by atoms with Crippen LogP contribution in [0.15, 0.2) is 12.1 Å². The van der Waals surface area contributed by atoms with E-state index < -0.39 is 11.7 Å². The standard InChI is InChI=1S/C18H24ClN5O4/c1-18(2,26)10-28-17(25)24-6-4-23(5-7-24)16-21-13-9-14(27-3)12(19)8-11(13)15(20)22-16/h8-9,26H,4-7,10H2,1-3H3,(H2,20,21,22). The number of halogens is 1. The first-order chi connectivity index (χ1) is 13.2. The fourth-order valence-corrected chi connectivity index (χ4v) is 3.10. The van der Waals surface area contributed by atoms with Crippen molar-refractivity contribution < 1.29 is 19.4 Å². The molecule has 1 saturated heterocycles. The lowest BCUT2D eigenvalue weighted by Crippen LogP contribution is -2.50. The number of nitrogens with two attached hydrogens (primary N) is 1. The molecule has 1 aliphatic rings. The number of aromatic nitrogens is 2. The smallest absolute Gasteiger partial charge is 0.409 e. The molecule has 3 N–H and O–H groups in total. The minimum Gasteiger partial charge on any atom is -0.495 e. The summed E-state index contributed by atoms with van der Waals surface area (Å²) in [6.07, 6.45) is -0.444. The van der Waals surface area contributed by atoms with Gasteiger partial charge in [0.1, 0.15) is 18.2 Å². The Kier molecular flexibility index (Phi) is 5.66. The molecule has 1 aromatic carbocycles. The van der Waals surface area contributed by atoms with Gasteiger partial charge in [-0.05, 0) is 19.9 Å². The quantitative estimate of drug-likeness (QED) is 0.786. The van der Waals surface area contributed by atoms with Crippen LogP contribution in [-0.2, 0) is 4.74 Å². The zero-order valence-electron chi connectivity index (χ0n) is 16.1. The van der Waals surface area contributed by atoms with Crippen LogP contribution in [0.2, 0.25) is 5.02 Å². The molecule has 0 spiro atoms. The van der Waals surface area contributed by atoms with Crippen molar-refractivity contribution >= 4 is 40.4 Å². The van der Waals surface area contributed by atoms with Crippen molar-refractivity contribution in [2.75, 3.05) is 50.5 Å². The van der Waals surface area contributed by atoms with Gasteiger partial charge in [-0.3, -0.25) is 0 Å². The molecule has 3 rings (SSSR count). The molecule has 152 valence electrons. The number of carbonyl (C=O) groups excluding carboxylic acids is 1. The number of carbonyl (C=O) groups is 1. The van der Waals surface area contributed by atoms with E-state index in [1.807, 2.05) is 4.90 Å². The van der Waals surface area contributed by atoms with Crippen molar-refractivity contribution in [1.29, 1.82) is 0 Å². The Bertz CT molecular complexity index is 878. The highest BCUT2D eigenvalue weighted by Crippen LogP contribution is 2.32. The number of piperazine rings is 1. The topological polar surface area (TPSA) is 114 Å². The first kappa shape index (κ1) is 20.2. The van der Waals surface area contributed by atoms with Crippen LogP contribution < -0.4 is 15.4 Å². The first-order valence-electron chi connectivity index (χ1n) is 8.88. The summed E-state index contributed by atoms with van der Waals surface area (Å²) in [7, 11) is 1.54. The van der Waals surface area contributed by atoms with Crippen LogP contribution in [0.1, 0.15) is 13.8 Å². The number of amides is 1. The highest BCUT2D eigenvalue weighted by Gasteiger charge is 2.26. The minimum absolute atomic E-state index is 0.0548. The van der Waals surface area contributed by atoms with Gasteiger partial charge < -0.3 is 30.1 Å². The van der Waals surface area contributed by atoms with Gasteiger partial charge in [-0.15, -0.1) is 0 Å². The van der Waals surface area contributed by atoms with E-state index in [-0.39, 0.29) is 6.61 Å². The summed E-state index contributed by atoms with van der Waals surface area (Å²) in [6.45, 7) is 5.09. The van der Waals surface area contributed by atoms with Crippen molar-refractivity contribution in [3.8, 4) is 5.75 Å². The zero-order valence-corrected chi connectivity index (χ0v) is 16.9. The molecule has 28 heavy (non-hydrogen) atoms. The van der Waals surface area contributed by atoms with Crippen molar-refractivity contribution in [2.45, 2.75) is 19.4 Å². The van der Waals surface area contributed by atoms with Crippen molar-refractivity contribution in [3.05, 3.63) is 17.2 Å². The number of anilines is 2. The molecule has 1 fully saturated rings. The van der Waals surface area contributed by atoms with E-state index in [2.05, 4.69) is 9.97 Å². The molecule has 0 aliphatic carbocycles. The fraction of sp³-hybridized carbons (Fsp3) is 0.500. The van der Waals surface area contributed by atoms with Gasteiger partial charge in [-0.25, -0.2) is 9.78 Å². The van der Waals surface area contributed by atoms with Gasteiger partial charge in [0, 0.05) is 37.6 Å². The molecule has 0 unspecified atom stereocenters. The molecule has 2 heterocycles. The number of ether oxygens (including phenoxy) is 2. The number of fused-ring (bicyclic) bond motifs is 1. The largest absolute Gasteiger partial charge is 0.495 e. The van der Waals surface area contributed by atoms with E-state index in [4.69, 9.17) is 26.8 Å². The molecule has 1 amide bonds. The lowest BCUT2D eigenvalue weighted by atomic mass is 10.2. The number of rotatable bonds is 4. The maximum Gasteiger partial charge on any atom is 0.409 e. The maximum atomic E-state index is 12.1. The fourth-order valence-electron chi connectivity index (χ4n) is 2.86. The Morgan fingerprint density at radius 3 is 2.57 bits per heavy atom. The SMILES string of the molecule is COc1cc2nc(N3CCN(C(=O)OCC(C)(C)O)CC3)nc(N)c2cc1Cl. The van der Waals surface area contributed by atoms with Crippen molar-refractivity contribution in [1.82, 2.24) is 14.9 Å². The summed E-state index contributed by atoms with van der Waals surface area (Å²) in [5.41, 5.74) is 5.67. The molecular formula is C18H24ClN5O4. The van der Waals surface area contributed by atoms with Crippen LogP contribution in [0.5, 0.6) is 5.75 Å². The summed E-state index contributed by atoms with van der Waals surface area (Å²) in [5.74, 6) is 1.33. The average Bonchev–Trinajstić information content (AvgIpc) is 2.65. The zero-order chi connectivity index (χ0) is 20.5. The molecule has 9 nitrogen and oxygen atoms in total. The van der Waals surface area contributed by atoms with Crippen LogP contribution in [0.3, 0.4) is 0 Å². The van der Waals surface area contributed by atoms with E-state index in [0.717, 1.165) is 0 Å². The molecule has 2 aromatic rings. The van der Waals surface area contributed by atoms with Gasteiger partial charge in [0.15, 0.2) is 0 Å². The molecule has 0 saturated carbocycles. The maximum absolute atomic E-state index is 12.1. The van der Waals surface area contributed by atoms with Gasteiger partial charge in [-0.1, -0.05) is 11.6 Å². The van der Waals surface area contributed by atoms with Crippen molar-refractivity contribution in [3.63, 3.8) is 0 Å². The van der Waals surface area contributed by atoms with Gasteiger partial charge in [0.25, 0.3) is 0 Å². The Morgan fingerprint density at radius 1 is 1.29 bits per heavy atom. The highest BCUT2D eigenvalue weighted by atomic mass is 35.5. The van der Waals surface area contributed by atoms with E-state index >= 15 is 0 Å². The third-order valence-electron chi connectivity index (χ3n) is 4.36. The number of nitrogen functional groups attached to an aromatic ring is 1. The monoisotopic (exact) mass is 409 g/mol. The number of methoxy groups -OCH3 is 1. The van der Waals surface area contributed by atoms with Gasteiger partial charge >= 0.3 is 6.09 Å². The number of hydrogen-bond acceptors (Lipinski definition) is 8. The van der Waals surface area contributed by atoms with E-state index in [9.17, 15) is 9.90 Å². The predicted molar refractivity (Wildman–Crippen MR) is 107 cm³/mol. The summed E-state index contributed by atoms with van der Waals surface area (Å²) < 4.78 is 10.4. The van der Waals surface area contributed by atoms with Gasteiger partial charge in [0.2, 0.25) is 5.95 Å². The number of benzene rings is 1. The average molecular weight is 410 g/mol. The number of nitrogens with zero attached hydrogens (tertiary/aromatic N) is 4. The second kappa shape index (κ2) is 7.84. The lowest BCUT2D eigenvalue weighted by molar-refractivity contribution is -0.00415. The predicted octanol–water partition coefficient (Wildman–Crippen LogP) is 1.90. The first-order valence-corrected chi connectivity index (χ1v) is 9.25. The summed E-state index contributed by atoms with van der Waals surface area (Å²) in [4.78, 5) is 24.6. The van der Waals surface area contributed by atoms with Gasteiger partial charge in [0.05, 0.1) is 23.3 Å². The van der Waals surface area contributed by atoms with Crippen LogP contribution in [-0.4, -0.2) is 71.6 Å². The minimum atomic E-state index is -1.06. The number of hydrogen-bond donors (Lipinski definition) is 2. The summed E-state index contributed by atoms with van der Waals surface area (Å²) in [5, 5.41) is 10.8. The summed E-state index contributed by atoms with van der Waals surface area (Å²) in [6, 6.07) is 3.41.